The Morgan fingerprint density at radius 3 is 2.61 bits per heavy atom. The van der Waals surface area contributed by atoms with Crippen molar-refractivity contribution in [3.05, 3.63) is 57.0 Å². The second-order valence-electron chi connectivity index (χ2n) is 4.76. The van der Waals surface area contributed by atoms with E-state index in [-0.39, 0.29) is 30.2 Å². The number of halogens is 1. The average molecular weight is 337 g/mol. The van der Waals surface area contributed by atoms with Crippen LogP contribution in [0.2, 0.25) is 5.02 Å². The summed E-state index contributed by atoms with van der Waals surface area (Å²) in [7, 11) is 1.59. The molecule has 7 heteroatoms. The maximum absolute atomic E-state index is 12.4. The van der Waals surface area contributed by atoms with Gasteiger partial charge in [0.05, 0.1) is 43.5 Å². The fourth-order valence-corrected chi connectivity index (χ4v) is 2.23. The van der Waals surface area contributed by atoms with Gasteiger partial charge in [-0.1, -0.05) is 23.7 Å². The first-order valence-electron chi connectivity index (χ1n) is 7.08. The molecule has 1 aromatic carbocycles. The Bertz CT molecular complexity index is 741. The molecule has 0 radical (unpaired) electrons. The standard InChI is InChI=1S/C16H17ClN2O4/c1-3-23-15(20)8-13-14(17)9-18-19(16(13)21)10-11-4-6-12(22-2)7-5-11/h4-7,9H,3,8,10H2,1-2H3. The Labute approximate surface area is 138 Å². The highest BCUT2D eigenvalue weighted by atomic mass is 35.5. The van der Waals surface area contributed by atoms with Gasteiger partial charge >= 0.3 is 5.97 Å². The summed E-state index contributed by atoms with van der Waals surface area (Å²) in [5.74, 6) is 0.238. The van der Waals surface area contributed by atoms with Crippen LogP contribution < -0.4 is 10.3 Å². The van der Waals surface area contributed by atoms with Gasteiger partial charge in [-0.15, -0.1) is 0 Å². The predicted molar refractivity (Wildman–Crippen MR) is 85.9 cm³/mol. The van der Waals surface area contributed by atoms with Crippen LogP contribution in [0.15, 0.2) is 35.3 Å². The number of methoxy groups -OCH3 is 1. The molecular formula is C16H17ClN2O4. The van der Waals surface area contributed by atoms with Crippen molar-refractivity contribution in [2.75, 3.05) is 13.7 Å². The van der Waals surface area contributed by atoms with Gasteiger partial charge in [0.15, 0.2) is 0 Å². The molecule has 0 fully saturated rings. The van der Waals surface area contributed by atoms with Crippen LogP contribution in [0.5, 0.6) is 5.75 Å². The van der Waals surface area contributed by atoms with E-state index in [9.17, 15) is 9.59 Å². The lowest BCUT2D eigenvalue weighted by atomic mass is 10.2. The second-order valence-corrected chi connectivity index (χ2v) is 5.17. The van der Waals surface area contributed by atoms with Crippen LogP contribution in [0.4, 0.5) is 0 Å². The second kappa shape index (κ2) is 7.78. The summed E-state index contributed by atoms with van der Waals surface area (Å²) in [5, 5.41) is 4.18. The van der Waals surface area contributed by atoms with E-state index in [1.165, 1.54) is 10.9 Å². The first kappa shape index (κ1) is 17.0. The number of carbonyl (C=O) groups excluding carboxylic acids is 1. The topological polar surface area (TPSA) is 70.4 Å². The van der Waals surface area contributed by atoms with Crippen molar-refractivity contribution in [3.8, 4) is 5.75 Å². The number of aromatic nitrogens is 2. The van der Waals surface area contributed by atoms with Crippen molar-refractivity contribution in [2.24, 2.45) is 0 Å². The number of ether oxygens (including phenoxy) is 2. The molecule has 0 unspecified atom stereocenters. The number of hydrogen-bond acceptors (Lipinski definition) is 5. The lowest BCUT2D eigenvalue weighted by Crippen LogP contribution is -2.28. The van der Waals surface area contributed by atoms with Crippen molar-refractivity contribution >= 4 is 17.6 Å². The molecule has 0 bridgehead atoms. The smallest absolute Gasteiger partial charge is 0.310 e. The van der Waals surface area contributed by atoms with Crippen molar-refractivity contribution in [1.82, 2.24) is 9.78 Å². The monoisotopic (exact) mass is 336 g/mol. The molecule has 0 saturated heterocycles. The molecule has 0 aliphatic carbocycles. The molecule has 2 rings (SSSR count). The van der Waals surface area contributed by atoms with Crippen molar-refractivity contribution in [1.29, 1.82) is 0 Å². The Morgan fingerprint density at radius 2 is 2.00 bits per heavy atom. The quantitative estimate of drug-likeness (QED) is 0.755. The van der Waals surface area contributed by atoms with Crippen LogP contribution in [0, 0.1) is 0 Å². The van der Waals surface area contributed by atoms with E-state index in [2.05, 4.69) is 5.10 Å². The molecule has 1 heterocycles. The molecule has 0 spiro atoms. The normalized spacial score (nSPS) is 10.4. The number of benzene rings is 1. The zero-order valence-corrected chi connectivity index (χ0v) is 13.7. The van der Waals surface area contributed by atoms with E-state index in [0.29, 0.717) is 0 Å². The molecule has 122 valence electrons. The summed E-state index contributed by atoms with van der Waals surface area (Å²) in [6, 6.07) is 7.28. The minimum absolute atomic E-state index is 0.161. The highest BCUT2D eigenvalue weighted by Gasteiger charge is 2.15. The molecular weight excluding hydrogens is 320 g/mol. The molecule has 6 nitrogen and oxygen atoms in total. The van der Waals surface area contributed by atoms with Crippen LogP contribution >= 0.6 is 11.6 Å². The summed E-state index contributed by atoms with van der Waals surface area (Å²) in [4.78, 5) is 24.0. The van der Waals surface area contributed by atoms with Gasteiger partial charge in [0, 0.05) is 0 Å². The maximum atomic E-state index is 12.4. The van der Waals surface area contributed by atoms with Gasteiger partial charge in [0.1, 0.15) is 5.75 Å². The number of carbonyl (C=O) groups is 1. The third-order valence-electron chi connectivity index (χ3n) is 3.21. The van der Waals surface area contributed by atoms with Crippen LogP contribution in [-0.4, -0.2) is 29.5 Å². The lowest BCUT2D eigenvalue weighted by molar-refractivity contribution is -0.142. The summed E-state index contributed by atoms with van der Waals surface area (Å²) in [6.07, 6.45) is 1.19. The van der Waals surface area contributed by atoms with Gasteiger partial charge in [-0.3, -0.25) is 9.59 Å². The Balaban J connectivity index is 2.25. The Kier molecular flexibility index (Phi) is 5.76. The molecule has 0 amide bonds. The number of hydrogen-bond donors (Lipinski definition) is 0. The van der Waals surface area contributed by atoms with E-state index in [4.69, 9.17) is 21.1 Å². The van der Waals surface area contributed by atoms with E-state index < -0.39 is 11.5 Å². The number of esters is 1. The van der Waals surface area contributed by atoms with Gasteiger partial charge in [-0.25, -0.2) is 4.68 Å². The van der Waals surface area contributed by atoms with Crippen LogP contribution in [0.3, 0.4) is 0 Å². The third kappa shape index (κ3) is 4.32. The number of nitrogens with zero attached hydrogens (tertiary/aromatic N) is 2. The minimum atomic E-state index is -0.492. The van der Waals surface area contributed by atoms with Crippen molar-refractivity contribution < 1.29 is 14.3 Å². The van der Waals surface area contributed by atoms with Gasteiger partial charge in [-0.2, -0.15) is 5.10 Å². The zero-order valence-electron chi connectivity index (χ0n) is 12.9. The highest BCUT2D eigenvalue weighted by Crippen LogP contribution is 2.13. The molecule has 0 saturated carbocycles. The molecule has 1 aromatic heterocycles. The molecule has 0 aliphatic heterocycles. The lowest BCUT2D eigenvalue weighted by Gasteiger charge is -2.09. The van der Waals surface area contributed by atoms with Gasteiger partial charge in [-0.05, 0) is 24.6 Å². The third-order valence-corrected chi connectivity index (χ3v) is 3.53. The largest absolute Gasteiger partial charge is 0.497 e. The van der Waals surface area contributed by atoms with Crippen LogP contribution in [0.25, 0.3) is 0 Å². The predicted octanol–water partition coefficient (Wildman–Crippen LogP) is 2.06. The average Bonchev–Trinajstić information content (AvgIpc) is 2.55. The first-order chi connectivity index (χ1) is 11.0. The molecule has 0 aliphatic rings. The van der Waals surface area contributed by atoms with Gasteiger partial charge < -0.3 is 9.47 Å². The van der Waals surface area contributed by atoms with Gasteiger partial charge in [0.2, 0.25) is 0 Å². The molecule has 2 aromatic rings. The summed E-state index contributed by atoms with van der Waals surface area (Å²) in [6.45, 7) is 2.23. The van der Waals surface area contributed by atoms with E-state index in [1.807, 2.05) is 12.1 Å². The number of rotatable bonds is 6. The zero-order chi connectivity index (χ0) is 16.8. The fourth-order valence-electron chi connectivity index (χ4n) is 2.04. The van der Waals surface area contributed by atoms with Crippen LogP contribution in [-0.2, 0) is 22.5 Å². The van der Waals surface area contributed by atoms with E-state index in [0.717, 1.165) is 11.3 Å². The van der Waals surface area contributed by atoms with Crippen molar-refractivity contribution in [2.45, 2.75) is 19.9 Å². The van der Waals surface area contributed by atoms with E-state index in [1.54, 1.807) is 26.2 Å². The molecule has 23 heavy (non-hydrogen) atoms. The summed E-state index contributed by atoms with van der Waals surface area (Å²) < 4.78 is 11.2. The van der Waals surface area contributed by atoms with Gasteiger partial charge in [0.25, 0.3) is 5.56 Å². The van der Waals surface area contributed by atoms with Crippen LogP contribution in [0.1, 0.15) is 18.1 Å². The maximum Gasteiger partial charge on any atom is 0.310 e. The summed E-state index contributed by atoms with van der Waals surface area (Å²) in [5.41, 5.74) is 0.666. The summed E-state index contributed by atoms with van der Waals surface area (Å²) >= 11 is 5.99. The molecule has 0 N–H and O–H groups in total. The highest BCUT2D eigenvalue weighted by molar-refractivity contribution is 6.31. The van der Waals surface area contributed by atoms with E-state index >= 15 is 0 Å². The van der Waals surface area contributed by atoms with Crippen molar-refractivity contribution in [3.63, 3.8) is 0 Å². The minimum Gasteiger partial charge on any atom is -0.497 e. The Morgan fingerprint density at radius 1 is 1.30 bits per heavy atom. The Hall–Kier alpha value is -2.34. The first-order valence-corrected chi connectivity index (χ1v) is 7.46. The SMILES string of the molecule is CCOC(=O)Cc1c(Cl)cnn(Cc2ccc(OC)cc2)c1=O. The molecule has 0 atom stereocenters. The fraction of sp³-hybridized carbons (Fsp3) is 0.312.